The Bertz CT molecular complexity index is 1420. The summed E-state index contributed by atoms with van der Waals surface area (Å²) in [4.78, 5) is 17.0. The van der Waals surface area contributed by atoms with Crippen LogP contribution in [0.3, 0.4) is 0 Å². The number of carbonyl (C=O) groups is 1. The quantitative estimate of drug-likeness (QED) is 0.276. The second-order valence-corrected chi connectivity index (χ2v) is 11.0. The smallest absolute Gasteiger partial charge is 0.337 e. The lowest BCUT2D eigenvalue weighted by Crippen LogP contribution is -2.33. The number of esters is 1. The number of carbonyl (C=O) groups excluding carboxylic acids is 1. The summed E-state index contributed by atoms with van der Waals surface area (Å²) in [6, 6.07) is 24.2. The minimum absolute atomic E-state index is 0.0873. The van der Waals surface area contributed by atoms with Crippen molar-refractivity contribution in [3.63, 3.8) is 0 Å². The van der Waals surface area contributed by atoms with E-state index in [2.05, 4.69) is 52.0 Å². The Kier molecular flexibility index (Phi) is 6.07. The first-order valence-electron chi connectivity index (χ1n) is 12.5. The highest BCUT2D eigenvalue weighted by Crippen LogP contribution is 2.48. The average molecular weight is 480 g/mol. The van der Waals surface area contributed by atoms with Crippen LogP contribution >= 0.6 is 0 Å². The molecule has 0 fully saturated rings. The van der Waals surface area contributed by atoms with Crippen molar-refractivity contribution in [2.24, 2.45) is 0 Å². The Morgan fingerprint density at radius 2 is 1.50 bits per heavy atom. The van der Waals surface area contributed by atoms with Crippen LogP contribution in [-0.4, -0.2) is 18.1 Å². The highest BCUT2D eigenvalue weighted by molar-refractivity contribution is 5.91. The van der Waals surface area contributed by atoms with Crippen LogP contribution in [0.1, 0.15) is 67.6 Å². The minimum Gasteiger partial charge on any atom is -0.488 e. The van der Waals surface area contributed by atoms with Gasteiger partial charge in [0, 0.05) is 17.0 Å². The topological polar surface area (TPSA) is 48.4 Å². The molecule has 0 spiro atoms. The van der Waals surface area contributed by atoms with Crippen molar-refractivity contribution < 1.29 is 14.3 Å². The molecule has 0 amide bonds. The first-order chi connectivity index (χ1) is 17.2. The van der Waals surface area contributed by atoms with Crippen LogP contribution < -0.4 is 4.74 Å². The zero-order valence-electron chi connectivity index (χ0n) is 21.7. The SMILES string of the molecule is COC(=O)c1ccc(-c2cc(OCc3ccccc3)c3cc4c(cc3n2)C(C)(C)CCC4(C)C)cc1. The monoisotopic (exact) mass is 479 g/mol. The van der Waals surface area contributed by atoms with E-state index >= 15 is 0 Å². The van der Waals surface area contributed by atoms with Crippen LogP contribution in [0.4, 0.5) is 0 Å². The third-order valence-electron chi connectivity index (χ3n) is 7.58. The van der Waals surface area contributed by atoms with Gasteiger partial charge in [-0.1, -0.05) is 70.2 Å². The van der Waals surface area contributed by atoms with E-state index in [-0.39, 0.29) is 16.8 Å². The van der Waals surface area contributed by atoms with E-state index in [4.69, 9.17) is 14.5 Å². The zero-order valence-corrected chi connectivity index (χ0v) is 21.7. The zero-order chi connectivity index (χ0) is 25.5. The minimum atomic E-state index is -0.351. The maximum absolute atomic E-state index is 11.9. The number of ether oxygens (including phenoxy) is 2. The molecule has 0 radical (unpaired) electrons. The number of fused-ring (bicyclic) bond motifs is 2. The van der Waals surface area contributed by atoms with Gasteiger partial charge in [0.1, 0.15) is 12.4 Å². The molecule has 1 aliphatic rings. The Morgan fingerprint density at radius 1 is 0.861 bits per heavy atom. The van der Waals surface area contributed by atoms with Gasteiger partial charge in [0.25, 0.3) is 0 Å². The van der Waals surface area contributed by atoms with E-state index in [1.807, 2.05) is 36.4 Å². The summed E-state index contributed by atoms with van der Waals surface area (Å²) in [5.41, 5.74) is 7.23. The molecule has 1 aromatic heterocycles. The summed E-state index contributed by atoms with van der Waals surface area (Å²) >= 11 is 0. The van der Waals surface area contributed by atoms with E-state index in [1.54, 1.807) is 12.1 Å². The van der Waals surface area contributed by atoms with E-state index in [0.717, 1.165) is 46.3 Å². The van der Waals surface area contributed by atoms with E-state index in [9.17, 15) is 4.79 Å². The lowest BCUT2D eigenvalue weighted by atomic mass is 9.63. The fourth-order valence-corrected chi connectivity index (χ4v) is 5.15. The van der Waals surface area contributed by atoms with Gasteiger partial charge >= 0.3 is 5.97 Å². The lowest BCUT2D eigenvalue weighted by molar-refractivity contribution is 0.0600. The molecule has 0 bridgehead atoms. The Morgan fingerprint density at radius 3 is 2.14 bits per heavy atom. The fourth-order valence-electron chi connectivity index (χ4n) is 5.15. The third kappa shape index (κ3) is 4.48. The van der Waals surface area contributed by atoms with E-state index < -0.39 is 0 Å². The summed E-state index contributed by atoms with van der Waals surface area (Å²) in [6.45, 7) is 9.81. The highest BCUT2D eigenvalue weighted by Gasteiger charge is 2.37. The number of pyridine rings is 1. The maximum Gasteiger partial charge on any atom is 0.337 e. The number of hydrogen-bond acceptors (Lipinski definition) is 4. The molecule has 3 aromatic carbocycles. The summed E-state index contributed by atoms with van der Waals surface area (Å²) in [6.07, 6.45) is 2.29. The molecule has 5 rings (SSSR count). The number of nitrogens with zero attached hydrogens (tertiary/aromatic N) is 1. The number of hydrogen-bond donors (Lipinski definition) is 0. The van der Waals surface area contributed by atoms with Gasteiger partial charge in [-0.05, 0) is 64.6 Å². The molecule has 184 valence electrons. The second-order valence-electron chi connectivity index (χ2n) is 11.0. The summed E-state index contributed by atoms with van der Waals surface area (Å²) < 4.78 is 11.3. The highest BCUT2D eigenvalue weighted by atomic mass is 16.5. The Hall–Kier alpha value is -3.66. The van der Waals surface area contributed by atoms with Crippen molar-refractivity contribution in [2.45, 2.75) is 58.0 Å². The van der Waals surface area contributed by atoms with Gasteiger partial charge in [0.2, 0.25) is 0 Å². The molecule has 0 saturated carbocycles. The van der Waals surface area contributed by atoms with Gasteiger partial charge in [0.15, 0.2) is 0 Å². The molecule has 1 aliphatic carbocycles. The van der Waals surface area contributed by atoms with Gasteiger partial charge in [-0.25, -0.2) is 9.78 Å². The molecule has 0 N–H and O–H groups in total. The van der Waals surface area contributed by atoms with E-state index in [1.165, 1.54) is 18.2 Å². The van der Waals surface area contributed by atoms with Crippen molar-refractivity contribution in [1.29, 1.82) is 0 Å². The van der Waals surface area contributed by atoms with Gasteiger partial charge in [-0.15, -0.1) is 0 Å². The first-order valence-corrected chi connectivity index (χ1v) is 12.5. The van der Waals surface area contributed by atoms with Crippen LogP contribution in [0.15, 0.2) is 72.8 Å². The van der Waals surface area contributed by atoms with Gasteiger partial charge in [0.05, 0.1) is 23.9 Å². The van der Waals surface area contributed by atoms with Gasteiger partial charge < -0.3 is 9.47 Å². The molecule has 4 heteroatoms. The van der Waals surface area contributed by atoms with Crippen LogP contribution in [-0.2, 0) is 22.2 Å². The number of benzene rings is 3. The number of methoxy groups -OCH3 is 1. The summed E-state index contributed by atoms with van der Waals surface area (Å²) in [5.74, 6) is 0.467. The fraction of sp³-hybridized carbons (Fsp3) is 0.312. The van der Waals surface area contributed by atoms with E-state index in [0.29, 0.717) is 12.2 Å². The van der Waals surface area contributed by atoms with Gasteiger partial charge in [-0.3, -0.25) is 0 Å². The predicted molar refractivity (Wildman–Crippen MR) is 145 cm³/mol. The standard InChI is InChI=1S/C32H33NO3/c1-31(2)15-16-32(3,4)26-18-28-24(17-25(26)31)29(36-20-21-9-7-6-8-10-21)19-27(33-28)22-11-13-23(14-12-22)30(34)35-5/h6-14,17-19H,15-16,20H2,1-5H3. The molecule has 0 unspecified atom stereocenters. The molecule has 1 heterocycles. The van der Waals surface area contributed by atoms with Crippen molar-refractivity contribution in [1.82, 2.24) is 4.98 Å². The summed E-state index contributed by atoms with van der Waals surface area (Å²) in [7, 11) is 1.39. The van der Waals surface area contributed by atoms with Crippen LogP contribution in [0.5, 0.6) is 5.75 Å². The van der Waals surface area contributed by atoms with Crippen molar-refractivity contribution >= 4 is 16.9 Å². The van der Waals surface area contributed by atoms with Crippen LogP contribution in [0.25, 0.3) is 22.2 Å². The maximum atomic E-state index is 11.9. The lowest BCUT2D eigenvalue weighted by Gasteiger charge is -2.42. The van der Waals surface area contributed by atoms with Crippen molar-refractivity contribution in [3.05, 3.63) is 95.1 Å². The van der Waals surface area contributed by atoms with Crippen molar-refractivity contribution in [3.8, 4) is 17.0 Å². The molecule has 0 atom stereocenters. The van der Waals surface area contributed by atoms with Crippen LogP contribution in [0, 0.1) is 0 Å². The Balaban J connectivity index is 1.66. The molecule has 4 aromatic rings. The predicted octanol–water partition coefficient (Wildman–Crippen LogP) is 7.62. The molecule has 0 aliphatic heterocycles. The third-order valence-corrected chi connectivity index (χ3v) is 7.58. The second kappa shape index (κ2) is 9.09. The average Bonchev–Trinajstić information content (AvgIpc) is 2.89. The van der Waals surface area contributed by atoms with Crippen LogP contribution in [0.2, 0.25) is 0 Å². The summed E-state index contributed by atoms with van der Waals surface area (Å²) in [5, 5.41) is 1.03. The first kappa shape index (κ1) is 24.1. The largest absolute Gasteiger partial charge is 0.488 e. The molecule has 36 heavy (non-hydrogen) atoms. The molecule has 0 saturated heterocycles. The normalized spacial score (nSPS) is 15.8. The van der Waals surface area contributed by atoms with Gasteiger partial charge in [-0.2, -0.15) is 0 Å². The molecular weight excluding hydrogens is 446 g/mol. The van der Waals surface area contributed by atoms with Crippen molar-refractivity contribution in [2.75, 3.05) is 7.11 Å². The Labute approximate surface area is 213 Å². The number of aromatic nitrogens is 1. The molecular formula is C32H33NO3. The molecule has 4 nitrogen and oxygen atoms in total. The number of rotatable bonds is 5.